The van der Waals surface area contributed by atoms with Gasteiger partial charge in [0.1, 0.15) is 11.7 Å². The lowest BCUT2D eigenvalue weighted by Crippen LogP contribution is -2.56. The van der Waals surface area contributed by atoms with Crippen LogP contribution in [0.25, 0.3) is 11.3 Å². The van der Waals surface area contributed by atoms with Gasteiger partial charge in [0, 0.05) is 44.0 Å². The van der Waals surface area contributed by atoms with Crippen LogP contribution in [0.5, 0.6) is 0 Å². The number of carboxylic acid groups (broad SMARTS) is 1. The van der Waals surface area contributed by atoms with Crippen molar-refractivity contribution in [2.24, 2.45) is 0 Å². The Morgan fingerprint density at radius 2 is 1.60 bits per heavy atom. The number of carbonyl (C=O) groups excluding carboxylic acids is 2. The molecule has 1 unspecified atom stereocenters. The zero-order valence-electron chi connectivity index (χ0n) is 23.2. The highest BCUT2D eigenvalue weighted by atomic mass is 31.2. The Hall–Kier alpha value is -4.25. The molecule has 3 amide bonds. The Morgan fingerprint density at radius 3 is 2.21 bits per heavy atom. The molecule has 4 rings (SSSR count). The van der Waals surface area contributed by atoms with Gasteiger partial charge in [-0.05, 0) is 24.6 Å². The number of hydrogen-bond acceptors (Lipinski definition) is 7. The van der Waals surface area contributed by atoms with Crippen LogP contribution in [-0.4, -0.2) is 87.7 Å². The van der Waals surface area contributed by atoms with Gasteiger partial charge in [0.05, 0.1) is 18.5 Å². The van der Waals surface area contributed by atoms with Crippen LogP contribution in [0.2, 0.25) is 0 Å². The largest absolute Gasteiger partial charge is 0.465 e. The summed E-state index contributed by atoms with van der Waals surface area (Å²) in [7, 11) is -4.24. The quantitative estimate of drug-likeness (QED) is 0.243. The molecule has 1 aliphatic rings. The molecule has 12 nitrogen and oxygen atoms in total. The molecule has 0 saturated carbocycles. The minimum atomic E-state index is -4.24. The van der Waals surface area contributed by atoms with Crippen molar-refractivity contribution in [2.75, 3.05) is 44.3 Å². The number of rotatable bonds is 11. The Kier molecular flexibility index (Phi) is 10.3. The highest BCUT2D eigenvalue weighted by Gasteiger charge is 2.36. The summed E-state index contributed by atoms with van der Waals surface area (Å²) >= 11 is 0. The van der Waals surface area contributed by atoms with E-state index in [0.29, 0.717) is 17.9 Å². The van der Waals surface area contributed by atoms with Gasteiger partial charge in [-0.1, -0.05) is 60.7 Å². The molecule has 222 valence electrons. The van der Waals surface area contributed by atoms with E-state index < -0.39 is 37.7 Å². The number of carbonyl (C=O) groups is 3. The Balaban J connectivity index is 1.60. The Morgan fingerprint density at radius 1 is 0.976 bits per heavy atom. The summed E-state index contributed by atoms with van der Waals surface area (Å²) in [6, 6.07) is 21.0. The number of hydrogen-bond donors (Lipinski definition) is 4. The zero-order chi connectivity index (χ0) is 30.1. The molecular formula is C29H34N5O7P. The second-order valence-electron chi connectivity index (χ2n) is 9.69. The molecule has 1 aliphatic heterocycles. The summed E-state index contributed by atoms with van der Waals surface area (Å²) in [5, 5.41) is 15.1. The molecule has 4 N–H and O–H groups in total. The van der Waals surface area contributed by atoms with Gasteiger partial charge < -0.3 is 35.0 Å². The number of nitrogens with one attached hydrogen (secondary N) is 2. The molecule has 0 bridgehead atoms. The van der Waals surface area contributed by atoms with Crippen LogP contribution in [0.1, 0.15) is 23.0 Å². The van der Waals surface area contributed by atoms with Gasteiger partial charge in [-0.2, -0.15) is 0 Å². The topological polar surface area (TPSA) is 161 Å². The van der Waals surface area contributed by atoms with Gasteiger partial charge in [0.2, 0.25) is 5.91 Å². The van der Waals surface area contributed by atoms with Gasteiger partial charge >= 0.3 is 13.7 Å². The van der Waals surface area contributed by atoms with Crippen LogP contribution in [0.4, 0.5) is 10.5 Å². The number of anilines is 1. The molecule has 1 fully saturated rings. The number of piperazine rings is 1. The fraction of sp³-hybridized carbons (Fsp3) is 0.310. The maximum atomic E-state index is 13.6. The average molecular weight is 596 g/mol. The van der Waals surface area contributed by atoms with E-state index in [2.05, 4.69) is 15.6 Å². The smallest absolute Gasteiger partial charge is 0.407 e. The third kappa shape index (κ3) is 8.39. The third-order valence-corrected chi connectivity index (χ3v) is 8.16. The van der Waals surface area contributed by atoms with Gasteiger partial charge in [-0.3, -0.25) is 14.2 Å². The summed E-state index contributed by atoms with van der Waals surface area (Å²) in [6.45, 7) is 2.31. The van der Waals surface area contributed by atoms with E-state index in [1.807, 2.05) is 66.7 Å². The minimum Gasteiger partial charge on any atom is -0.465 e. The van der Waals surface area contributed by atoms with E-state index >= 15 is 0 Å². The highest BCUT2D eigenvalue weighted by Crippen LogP contribution is 2.42. The summed E-state index contributed by atoms with van der Waals surface area (Å²) in [4.78, 5) is 55.7. The predicted molar refractivity (Wildman–Crippen MR) is 157 cm³/mol. The monoisotopic (exact) mass is 595 g/mol. The third-order valence-electron chi connectivity index (χ3n) is 6.68. The maximum absolute atomic E-state index is 13.6. The van der Waals surface area contributed by atoms with E-state index in [1.54, 1.807) is 13.0 Å². The van der Waals surface area contributed by atoms with E-state index in [0.717, 1.165) is 11.1 Å². The van der Waals surface area contributed by atoms with E-state index in [-0.39, 0.29) is 38.5 Å². The normalized spacial score (nSPS) is 15.4. The Labute approximate surface area is 243 Å². The van der Waals surface area contributed by atoms with Crippen molar-refractivity contribution in [3.05, 3.63) is 84.1 Å². The lowest BCUT2D eigenvalue weighted by molar-refractivity contribution is -0.134. The van der Waals surface area contributed by atoms with Gasteiger partial charge in [0.25, 0.3) is 5.91 Å². The molecule has 13 heteroatoms. The standard InChI is InChI=1S/C29H34N5O7P/c1-2-41-42(39,40)20-26(28(36)33-13-15-34(16-14-33)29(37)38)32-27(35)25-18-23(30-19-21-9-5-3-6-10-21)17-24(31-25)22-11-7-4-8-12-22/h3-12,17-18,26H,2,13-16,19-20H2,1H3,(H,30,31)(H,32,35)(H,37,38)(H,39,40)/t26-/m0/s1. The van der Waals surface area contributed by atoms with Crippen LogP contribution < -0.4 is 10.6 Å². The number of pyridine rings is 1. The number of nitrogens with zero attached hydrogens (tertiary/aromatic N) is 3. The van der Waals surface area contributed by atoms with Crippen molar-refractivity contribution in [3.8, 4) is 11.3 Å². The second-order valence-corrected chi connectivity index (χ2v) is 11.6. The molecule has 2 aromatic carbocycles. The fourth-order valence-electron chi connectivity index (χ4n) is 4.55. The van der Waals surface area contributed by atoms with Crippen molar-refractivity contribution < 1.29 is 33.5 Å². The molecule has 1 saturated heterocycles. The first-order valence-corrected chi connectivity index (χ1v) is 15.3. The van der Waals surface area contributed by atoms with Crippen molar-refractivity contribution >= 4 is 31.2 Å². The number of amides is 3. The number of benzene rings is 2. The fourth-order valence-corrected chi connectivity index (χ4v) is 5.76. The first kappa shape index (κ1) is 30.7. The Bertz CT molecular complexity index is 1430. The van der Waals surface area contributed by atoms with Crippen molar-refractivity contribution in [1.82, 2.24) is 20.1 Å². The summed E-state index contributed by atoms with van der Waals surface area (Å²) < 4.78 is 17.7. The molecule has 0 aliphatic carbocycles. The lowest BCUT2D eigenvalue weighted by Gasteiger charge is -2.35. The second kappa shape index (κ2) is 14.1. The van der Waals surface area contributed by atoms with Crippen LogP contribution in [0, 0.1) is 0 Å². The van der Waals surface area contributed by atoms with Crippen molar-refractivity contribution in [3.63, 3.8) is 0 Å². The van der Waals surface area contributed by atoms with Crippen LogP contribution in [0.15, 0.2) is 72.8 Å². The minimum absolute atomic E-state index is 0.00425. The maximum Gasteiger partial charge on any atom is 0.407 e. The molecule has 42 heavy (non-hydrogen) atoms. The van der Waals surface area contributed by atoms with Crippen molar-refractivity contribution in [1.29, 1.82) is 0 Å². The SMILES string of the molecule is CCOP(=O)(O)C[C@H](NC(=O)c1cc(NCc2ccccc2)cc(-c2ccccc2)n1)C(=O)N1CCN(C(=O)O)CC1. The molecule has 1 aromatic heterocycles. The molecular weight excluding hydrogens is 561 g/mol. The number of aromatic nitrogens is 1. The average Bonchev–Trinajstić information content (AvgIpc) is 3.00. The van der Waals surface area contributed by atoms with Gasteiger partial charge in [0.15, 0.2) is 0 Å². The first-order chi connectivity index (χ1) is 20.1. The highest BCUT2D eigenvalue weighted by molar-refractivity contribution is 7.52. The molecule has 0 spiro atoms. The molecule has 2 atom stereocenters. The zero-order valence-corrected chi connectivity index (χ0v) is 24.1. The van der Waals surface area contributed by atoms with Crippen molar-refractivity contribution in [2.45, 2.75) is 19.5 Å². The first-order valence-electron chi connectivity index (χ1n) is 13.5. The van der Waals surface area contributed by atoms with Crippen LogP contribution in [-0.2, 0) is 20.4 Å². The van der Waals surface area contributed by atoms with E-state index in [4.69, 9.17) is 4.52 Å². The molecule has 0 radical (unpaired) electrons. The van der Waals surface area contributed by atoms with Crippen LogP contribution >= 0.6 is 7.60 Å². The lowest BCUT2D eigenvalue weighted by atomic mass is 10.1. The summed E-state index contributed by atoms with van der Waals surface area (Å²) in [6.07, 6.45) is -1.74. The van der Waals surface area contributed by atoms with Gasteiger partial charge in [-0.15, -0.1) is 0 Å². The van der Waals surface area contributed by atoms with E-state index in [9.17, 15) is 28.9 Å². The molecule has 3 aromatic rings. The predicted octanol–water partition coefficient (Wildman–Crippen LogP) is 3.50. The van der Waals surface area contributed by atoms with Crippen LogP contribution in [0.3, 0.4) is 0 Å². The van der Waals surface area contributed by atoms with E-state index in [1.165, 1.54) is 9.80 Å². The summed E-state index contributed by atoms with van der Waals surface area (Å²) in [5.41, 5.74) is 2.95. The molecule has 2 heterocycles. The summed E-state index contributed by atoms with van der Waals surface area (Å²) in [5.74, 6) is -1.32. The van der Waals surface area contributed by atoms with Gasteiger partial charge in [-0.25, -0.2) is 9.78 Å².